The van der Waals surface area contributed by atoms with Crippen LogP contribution in [-0.4, -0.2) is 43.3 Å². The van der Waals surface area contributed by atoms with Crippen molar-refractivity contribution >= 4 is 5.97 Å². The number of hydrogen-bond acceptors (Lipinski definition) is 5. The van der Waals surface area contributed by atoms with Gasteiger partial charge in [-0.2, -0.15) is 0 Å². The third-order valence-electron chi connectivity index (χ3n) is 3.51. The van der Waals surface area contributed by atoms with Gasteiger partial charge in [0.2, 0.25) is 5.79 Å². The number of rotatable bonds is 14. The van der Waals surface area contributed by atoms with Gasteiger partial charge in [0.25, 0.3) is 0 Å². The summed E-state index contributed by atoms with van der Waals surface area (Å²) in [6.07, 6.45) is 5.55. The quantitative estimate of drug-likeness (QED) is 0.231. The first-order valence-electron chi connectivity index (χ1n) is 8.24. The van der Waals surface area contributed by atoms with E-state index in [0.29, 0.717) is 26.2 Å². The van der Waals surface area contributed by atoms with Gasteiger partial charge < -0.3 is 19.3 Å². The van der Waals surface area contributed by atoms with Gasteiger partial charge in [-0.25, -0.2) is 4.79 Å². The number of aliphatic hydroxyl groups is 1. The Hall–Kier alpha value is -0.910. The lowest BCUT2D eigenvalue weighted by molar-refractivity contribution is -0.233. The maximum absolute atomic E-state index is 11.5. The molecule has 0 rings (SSSR count). The summed E-state index contributed by atoms with van der Waals surface area (Å²) in [4.78, 5) is 11.5. The highest BCUT2D eigenvalue weighted by atomic mass is 16.7. The summed E-state index contributed by atoms with van der Waals surface area (Å²) in [5, 5.41) is 10.6. The fraction of sp³-hybridized carbons (Fsp3) is 0.824. The van der Waals surface area contributed by atoms with E-state index in [-0.39, 0.29) is 12.5 Å². The van der Waals surface area contributed by atoms with Gasteiger partial charge in [0, 0.05) is 19.1 Å². The number of unbranched alkanes of at least 4 members (excludes halogenated alkanes) is 1. The smallest absolute Gasteiger partial charge is 0.332 e. The van der Waals surface area contributed by atoms with Crippen LogP contribution in [0.1, 0.15) is 52.9 Å². The molecular weight excluding hydrogens is 284 g/mol. The van der Waals surface area contributed by atoms with E-state index >= 15 is 0 Å². The van der Waals surface area contributed by atoms with Gasteiger partial charge >= 0.3 is 5.97 Å². The van der Waals surface area contributed by atoms with Crippen LogP contribution in [0.25, 0.3) is 0 Å². The lowest BCUT2D eigenvalue weighted by Gasteiger charge is -2.30. The molecule has 0 heterocycles. The van der Waals surface area contributed by atoms with Crippen LogP contribution in [0.3, 0.4) is 0 Å². The monoisotopic (exact) mass is 316 g/mol. The minimum absolute atomic E-state index is 0.0533. The van der Waals surface area contributed by atoms with E-state index in [2.05, 4.69) is 20.4 Å². The summed E-state index contributed by atoms with van der Waals surface area (Å²) < 4.78 is 15.7. The molecule has 0 aromatic rings. The highest BCUT2D eigenvalue weighted by molar-refractivity contribution is 5.81. The molecule has 0 spiro atoms. The number of hydrogen-bond donors (Lipinski definition) is 1. The highest BCUT2D eigenvalue weighted by Gasteiger charge is 2.34. The third-order valence-corrected chi connectivity index (χ3v) is 3.51. The largest absolute Gasteiger partial charge is 0.428 e. The summed E-state index contributed by atoms with van der Waals surface area (Å²) in [6.45, 7) is 10.9. The molecule has 0 aliphatic carbocycles. The van der Waals surface area contributed by atoms with Gasteiger partial charge in [-0.05, 0) is 12.8 Å². The Bertz CT molecular complexity index is 305. The van der Waals surface area contributed by atoms with Gasteiger partial charge in [-0.3, -0.25) is 0 Å². The molecule has 5 nitrogen and oxygen atoms in total. The zero-order valence-electron chi connectivity index (χ0n) is 14.3. The van der Waals surface area contributed by atoms with Crippen molar-refractivity contribution in [1.29, 1.82) is 0 Å². The van der Waals surface area contributed by atoms with Crippen LogP contribution >= 0.6 is 0 Å². The topological polar surface area (TPSA) is 65.0 Å². The van der Waals surface area contributed by atoms with Gasteiger partial charge in [-0.15, -0.1) is 0 Å². The Labute approximate surface area is 134 Å². The molecule has 0 bridgehead atoms. The zero-order valence-corrected chi connectivity index (χ0v) is 14.3. The first-order chi connectivity index (χ1) is 10.5. The highest BCUT2D eigenvalue weighted by Crippen LogP contribution is 2.26. The average molecular weight is 316 g/mol. The molecule has 0 aromatic carbocycles. The Morgan fingerprint density at radius 3 is 2.50 bits per heavy atom. The van der Waals surface area contributed by atoms with Gasteiger partial charge in [0.1, 0.15) is 6.61 Å². The van der Waals surface area contributed by atoms with Gasteiger partial charge in [0.05, 0.1) is 13.2 Å². The Balaban J connectivity index is 4.54. The van der Waals surface area contributed by atoms with Crippen molar-refractivity contribution < 1.29 is 24.1 Å². The Morgan fingerprint density at radius 1 is 1.27 bits per heavy atom. The van der Waals surface area contributed by atoms with Crippen molar-refractivity contribution in [3.8, 4) is 0 Å². The predicted molar refractivity (Wildman–Crippen MR) is 86.5 cm³/mol. The second-order valence-corrected chi connectivity index (χ2v) is 5.44. The summed E-state index contributed by atoms with van der Waals surface area (Å²) in [5.41, 5.74) is 0. The lowest BCUT2D eigenvalue weighted by atomic mass is 9.91. The van der Waals surface area contributed by atoms with Crippen molar-refractivity contribution in [3.63, 3.8) is 0 Å². The van der Waals surface area contributed by atoms with E-state index in [1.807, 2.05) is 6.92 Å². The second kappa shape index (κ2) is 12.6. The van der Waals surface area contributed by atoms with Crippen molar-refractivity contribution in [1.82, 2.24) is 0 Å². The molecule has 0 saturated carbocycles. The van der Waals surface area contributed by atoms with E-state index < -0.39 is 11.8 Å². The summed E-state index contributed by atoms with van der Waals surface area (Å²) in [7, 11) is 0. The van der Waals surface area contributed by atoms with Crippen LogP contribution < -0.4 is 0 Å². The van der Waals surface area contributed by atoms with Crippen LogP contribution in [-0.2, 0) is 19.0 Å². The average Bonchev–Trinajstić information content (AvgIpc) is 2.51. The molecule has 130 valence electrons. The summed E-state index contributed by atoms with van der Waals surface area (Å²) in [5.74, 6) is -1.95. The van der Waals surface area contributed by atoms with Crippen molar-refractivity contribution in [3.05, 3.63) is 12.7 Å². The van der Waals surface area contributed by atoms with E-state index in [1.54, 1.807) is 0 Å². The number of ether oxygens (including phenoxy) is 3. The minimum Gasteiger partial charge on any atom is -0.428 e. The molecule has 0 saturated heterocycles. The predicted octanol–water partition coefficient (Wildman–Crippen LogP) is 3.06. The molecule has 1 N–H and O–H groups in total. The number of carbonyl (C=O) groups is 1. The maximum Gasteiger partial charge on any atom is 0.332 e. The SMILES string of the molecule is C=CC(=O)OC(O)(COCCOCC)CC(CC)CCCC. The summed E-state index contributed by atoms with van der Waals surface area (Å²) >= 11 is 0. The standard InChI is InChI=1S/C17H32O5/c1-5-9-10-15(6-2)13-17(19,22-16(18)7-3)14-21-12-11-20-8-4/h7,15,19H,3,5-6,8-14H2,1-2,4H3. The molecule has 22 heavy (non-hydrogen) atoms. The van der Waals surface area contributed by atoms with Crippen LogP contribution in [0, 0.1) is 5.92 Å². The molecule has 0 aliphatic heterocycles. The summed E-state index contributed by atoms with van der Waals surface area (Å²) in [6, 6.07) is 0. The third kappa shape index (κ3) is 9.92. The van der Waals surface area contributed by atoms with E-state index in [4.69, 9.17) is 14.2 Å². The molecule has 0 aromatic heterocycles. The fourth-order valence-electron chi connectivity index (χ4n) is 2.25. The molecule has 5 heteroatoms. The Morgan fingerprint density at radius 2 is 1.95 bits per heavy atom. The van der Waals surface area contributed by atoms with Crippen molar-refractivity contribution in [2.75, 3.05) is 26.4 Å². The van der Waals surface area contributed by atoms with Gasteiger partial charge in [0.15, 0.2) is 0 Å². The Kier molecular flexibility index (Phi) is 12.1. The first kappa shape index (κ1) is 21.1. The fourth-order valence-corrected chi connectivity index (χ4v) is 2.25. The zero-order chi connectivity index (χ0) is 16.8. The number of carbonyl (C=O) groups excluding carboxylic acids is 1. The molecule has 0 aliphatic rings. The van der Waals surface area contributed by atoms with Crippen LogP contribution in [0.4, 0.5) is 0 Å². The maximum atomic E-state index is 11.5. The normalized spacial score (nSPS) is 15.1. The first-order valence-corrected chi connectivity index (χ1v) is 8.24. The molecular formula is C17H32O5. The van der Waals surface area contributed by atoms with Crippen LogP contribution in [0.15, 0.2) is 12.7 Å². The van der Waals surface area contributed by atoms with Crippen molar-refractivity contribution in [2.24, 2.45) is 5.92 Å². The minimum atomic E-state index is -1.61. The molecule has 0 amide bonds. The van der Waals surface area contributed by atoms with Crippen molar-refractivity contribution in [2.45, 2.75) is 58.7 Å². The van der Waals surface area contributed by atoms with E-state index in [9.17, 15) is 9.90 Å². The van der Waals surface area contributed by atoms with Gasteiger partial charge in [-0.1, -0.05) is 46.1 Å². The molecule has 0 fully saturated rings. The van der Waals surface area contributed by atoms with Crippen LogP contribution in [0.2, 0.25) is 0 Å². The second-order valence-electron chi connectivity index (χ2n) is 5.44. The van der Waals surface area contributed by atoms with E-state index in [0.717, 1.165) is 31.8 Å². The lowest BCUT2D eigenvalue weighted by Crippen LogP contribution is -2.41. The molecule has 2 atom stereocenters. The molecule has 0 radical (unpaired) electrons. The molecule has 2 unspecified atom stereocenters. The van der Waals surface area contributed by atoms with Crippen LogP contribution in [0.5, 0.6) is 0 Å². The number of esters is 1. The van der Waals surface area contributed by atoms with E-state index in [1.165, 1.54) is 0 Å².